The van der Waals surface area contributed by atoms with Crippen LogP contribution in [0.1, 0.15) is 76.3 Å². The highest BCUT2D eigenvalue weighted by Crippen LogP contribution is 2.51. The maximum absolute atomic E-state index is 12.2. The topological polar surface area (TPSA) is 282 Å². The van der Waals surface area contributed by atoms with Gasteiger partial charge in [-0.1, -0.05) is 30.4 Å². The second kappa shape index (κ2) is 20.6. The van der Waals surface area contributed by atoms with Crippen LogP contribution in [0.5, 0.6) is 0 Å². The molecule has 2 unspecified atom stereocenters. The Balaban J connectivity index is 1.74. The number of ether oxygens (including phenoxy) is 1. The molecule has 62 heavy (non-hydrogen) atoms. The third-order valence-corrected chi connectivity index (χ3v) is 14.0. The lowest BCUT2D eigenvalue weighted by molar-refractivity contribution is -0.438. The van der Waals surface area contributed by atoms with E-state index in [-0.39, 0.29) is 50.2 Å². The lowest BCUT2D eigenvalue weighted by Crippen LogP contribution is -2.32. The third kappa shape index (κ3) is 13.2. The second-order valence-corrected chi connectivity index (χ2v) is 21.2. The Kier molecular flexibility index (Phi) is 16.8. The number of aliphatic carboxylic acids is 1. The van der Waals surface area contributed by atoms with Crippen molar-refractivity contribution in [3.63, 3.8) is 0 Å². The number of rotatable bonds is 24. The van der Waals surface area contributed by atoms with Gasteiger partial charge in [0.1, 0.15) is 6.54 Å². The minimum atomic E-state index is -4.63. The van der Waals surface area contributed by atoms with Gasteiger partial charge in [-0.15, -0.1) is 0 Å². The molecule has 2 heterocycles. The Bertz CT molecular complexity index is 2600. The normalized spacial score (nSPS) is 20.4. The van der Waals surface area contributed by atoms with Gasteiger partial charge in [0.05, 0.1) is 55.7 Å². The molecule has 0 aromatic heterocycles. The minimum Gasteiger partial charge on any atom is -0.748 e. The largest absolute Gasteiger partial charge is 0.748 e. The number of benzene rings is 2. The summed E-state index contributed by atoms with van der Waals surface area (Å²) in [4.78, 5) is 16.4. The minimum absolute atomic E-state index is 0.000722. The van der Waals surface area contributed by atoms with Gasteiger partial charge < -0.3 is 14.4 Å². The number of carbonyl (C=O) groups is 1. The molecule has 2 aromatic carbocycles. The SMILES string of the molecule is COCCON1C(=CC=CC=CC=CC2=[N+](CCCCCC(=O)O)c3ccc(S(=O)(=O)O)cc3C2(C)CCCS(=O)(=O)O)C(C)(CCCS(=O)(=O)[O-])c2cc(S(=O)(=O)O)ccc21. The molecule has 0 aliphatic carbocycles. The Morgan fingerprint density at radius 1 is 0.758 bits per heavy atom. The highest BCUT2D eigenvalue weighted by atomic mass is 32.2. The molecule has 2 aliphatic rings. The Morgan fingerprint density at radius 2 is 1.35 bits per heavy atom. The third-order valence-electron chi connectivity index (χ3n) is 10.8. The highest BCUT2D eigenvalue weighted by molar-refractivity contribution is 7.86. The van der Waals surface area contributed by atoms with Crippen molar-refractivity contribution in [2.45, 2.75) is 85.8 Å². The van der Waals surface area contributed by atoms with Gasteiger partial charge in [-0.25, -0.2) is 13.5 Å². The number of unbranched alkanes of at least 4 members (excludes halogenated alkanes) is 2. The molecule has 0 amide bonds. The number of carboxylic acids is 1. The van der Waals surface area contributed by atoms with E-state index in [2.05, 4.69) is 0 Å². The van der Waals surface area contributed by atoms with Crippen LogP contribution in [-0.2, 0) is 65.7 Å². The lowest BCUT2D eigenvalue weighted by atomic mass is 9.76. The number of hydrogen-bond donors (Lipinski definition) is 4. The highest BCUT2D eigenvalue weighted by Gasteiger charge is 2.48. The summed E-state index contributed by atoms with van der Waals surface area (Å²) in [5, 5.41) is 10.6. The number of anilines is 1. The summed E-state index contributed by atoms with van der Waals surface area (Å²) < 4.78 is 143. The van der Waals surface area contributed by atoms with E-state index in [1.165, 1.54) is 42.5 Å². The summed E-state index contributed by atoms with van der Waals surface area (Å²) in [5.74, 6) is -2.15. The van der Waals surface area contributed by atoms with Crippen LogP contribution in [0, 0.1) is 0 Å². The van der Waals surface area contributed by atoms with Gasteiger partial charge in [-0.05, 0) is 94.3 Å². The maximum atomic E-state index is 12.2. The number of allylic oxidation sites excluding steroid dienone is 8. The van der Waals surface area contributed by atoms with Crippen molar-refractivity contribution in [3.8, 4) is 0 Å². The molecule has 0 fully saturated rings. The van der Waals surface area contributed by atoms with Crippen molar-refractivity contribution in [3.05, 3.63) is 95.8 Å². The van der Waals surface area contributed by atoms with Gasteiger partial charge in [0.15, 0.2) is 5.71 Å². The molecule has 342 valence electrons. The van der Waals surface area contributed by atoms with Crippen LogP contribution < -0.4 is 5.06 Å². The second-order valence-electron chi connectivity index (χ2n) is 15.3. The Labute approximate surface area is 362 Å². The summed E-state index contributed by atoms with van der Waals surface area (Å²) in [6.07, 6.45) is 13.5. The van der Waals surface area contributed by atoms with Crippen LogP contribution >= 0.6 is 0 Å². The molecule has 2 atom stereocenters. The van der Waals surface area contributed by atoms with Crippen LogP contribution in [0.4, 0.5) is 11.4 Å². The van der Waals surface area contributed by atoms with Crippen LogP contribution in [0.25, 0.3) is 0 Å². The summed E-state index contributed by atoms with van der Waals surface area (Å²) in [6, 6.07) is 8.06. The molecular weight excluding hydrogens is 893 g/mol. The van der Waals surface area contributed by atoms with Crippen LogP contribution in [0.2, 0.25) is 0 Å². The van der Waals surface area contributed by atoms with Crippen molar-refractivity contribution in [2.24, 2.45) is 0 Å². The fourth-order valence-electron chi connectivity index (χ4n) is 7.77. The van der Waals surface area contributed by atoms with Gasteiger partial charge >= 0.3 is 5.97 Å². The first kappa shape index (κ1) is 50.5. The molecule has 18 nitrogen and oxygen atoms in total. The van der Waals surface area contributed by atoms with Gasteiger partial charge in [-0.2, -0.15) is 29.8 Å². The van der Waals surface area contributed by atoms with Crippen LogP contribution in [0.3, 0.4) is 0 Å². The van der Waals surface area contributed by atoms with Gasteiger partial charge in [0.25, 0.3) is 30.4 Å². The van der Waals surface area contributed by atoms with Gasteiger partial charge in [0, 0.05) is 48.8 Å². The molecule has 0 saturated carbocycles. The Hall–Kier alpha value is -4.10. The van der Waals surface area contributed by atoms with Gasteiger partial charge in [0.2, 0.25) is 5.69 Å². The number of hydroxylamine groups is 1. The molecule has 2 aromatic rings. The fraction of sp³-hybridized carbons (Fsp3) is 0.450. The number of carboxylic acid groups (broad SMARTS) is 1. The molecule has 2 aliphatic heterocycles. The first-order valence-corrected chi connectivity index (χ1v) is 25.5. The van der Waals surface area contributed by atoms with E-state index in [1.54, 1.807) is 62.4 Å². The predicted octanol–water partition coefficient (Wildman–Crippen LogP) is 5.08. The molecule has 0 bridgehead atoms. The van der Waals surface area contributed by atoms with Crippen molar-refractivity contribution in [1.82, 2.24) is 0 Å². The van der Waals surface area contributed by atoms with E-state index in [1.807, 2.05) is 4.58 Å². The lowest BCUT2D eigenvalue weighted by Gasteiger charge is -2.29. The number of methoxy groups -OCH3 is 1. The zero-order valence-electron chi connectivity index (χ0n) is 34.4. The van der Waals surface area contributed by atoms with E-state index in [9.17, 15) is 56.7 Å². The first-order valence-electron chi connectivity index (χ1n) is 19.5. The van der Waals surface area contributed by atoms with Crippen molar-refractivity contribution >= 4 is 63.5 Å². The number of hydrogen-bond acceptors (Lipinski definition) is 13. The summed E-state index contributed by atoms with van der Waals surface area (Å²) in [6.45, 7) is 4.17. The molecule has 0 saturated heterocycles. The zero-order chi connectivity index (χ0) is 46.1. The smallest absolute Gasteiger partial charge is 0.303 e. The van der Waals surface area contributed by atoms with Crippen molar-refractivity contribution in [2.75, 3.05) is 43.4 Å². The molecule has 0 spiro atoms. The average molecular weight is 945 g/mol. The van der Waals surface area contributed by atoms with E-state index < -0.39 is 73.7 Å². The van der Waals surface area contributed by atoms with Gasteiger partial charge in [-0.3, -0.25) is 23.3 Å². The predicted molar refractivity (Wildman–Crippen MR) is 228 cm³/mol. The number of fused-ring (bicyclic) bond motifs is 2. The maximum Gasteiger partial charge on any atom is 0.303 e. The summed E-state index contributed by atoms with van der Waals surface area (Å²) >= 11 is 0. The number of nitrogens with zero attached hydrogens (tertiary/aromatic N) is 2. The van der Waals surface area contributed by atoms with Crippen molar-refractivity contribution < 1.29 is 75.9 Å². The Morgan fingerprint density at radius 3 is 1.97 bits per heavy atom. The molecular formula is C40H52N2O16S4. The first-order chi connectivity index (χ1) is 28.8. The molecule has 0 radical (unpaired) electrons. The fourth-order valence-corrected chi connectivity index (χ4v) is 9.79. The van der Waals surface area contributed by atoms with Crippen LogP contribution in [-0.4, -0.2) is 112 Å². The molecule has 4 rings (SSSR count). The van der Waals surface area contributed by atoms with E-state index in [4.69, 9.17) is 14.7 Å². The summed E-state index contributed by atoms with van der Waals surface area (Å²) in [5.41, 5.74) is 0.912. The van der Waals surface area contributed by atoms with E-state index in [0.717, 1.165) is 0 Å². The van der Waals surface area contributed by atoms with E-state index >= 15 is 0 Å². The standard InChI is InChI=1S/C40H52N2O16S4/c1-39(21-12-26-59(45,46)47)32-28-30(61(51,52)53)17-19-34(32)41(23-11-7-10-16-38(43)44)36(39)14-8-5-4-6-9-15-37-40(2,22-13-27-60(48,49)50)33-29-31(62(54,55)56)18-20-35(33)42(37)58-25-24-57-3/h4-6,8-9,14-15,17-20,28-29H,7,10-13,16,21-27H2,1-3H3,(H4-,43,44,45,46,47,48,49,50,51,52,53,54,55,56). The molecule has 22 heteroatoms. The monoisotopic (exact) mass is 944 g/mol. The average Bonchev–Trinajstić information content (AvgIpc) is 3.52. The van der Waals surface area contributed by atoms with Crippen molar-refractivity contribution in [1.29, 1.82) is 0 Å². The zero-order valence-corrected chi connectivity index (χ0v) is 37.7. The van der Waals surface area contributed by atoms with E-state index in [0.29, 0.717) is 59.7 Å². The summed E-state index contributed by atoms with van der Waals surface area (Å²) in [7, 11) is -16.7. The molecule has 4 N–H and O–H groups in total. The quantitative estimate of drug-likeness (QED) is 0.0462. The van der Waals surface area contributed by atoms with Crippen LogP contribution in [0.15, 0.2) is 94.4 Å².